The zero-order chi connectivity index (χ0) is 14.2. The average molecular weight is 337 g/mol. The number of ether oxygens (including phenoxy) is 2. The smallest absolute Gasteiger partial charge is 0.126 e. The van der Waals surface area contributed by atoms with Crippen LogP contribution in [-0.4, -0.2) is 25.2 Å². The van der Waals surface area contributed by atoms with Crippen LogP contribution in [0.5, 0.6) is 5.75 Å². The number of benzene rings is 1. The van der Waals surface area contributed by atoms with E-state index in [9.17, 15) is 0 Å². The van der Waals surface area contributed by atoms with Gasteiger partial charge >= 0.3 is 0 Å². The molecule has 0 atom stereocenters. The fourth-order valence-electron chi connectivity index (χ4n) is 1.64. The van der Waals surface area contributed by atoms with Crippen molar-refractivity contribution in [1.82, 2.24) is 4.98 Å². The van der Waals surface area contributed by atoms with Crippen molar-refractivity contribution in [2.45, 2.75) is 6.61 Å². The van der Waals surface area contributed by atoms with Crippen LogP contribution >= 0.6 is 15.9 Å². The number of hydrogen-bond acceptors (Lipinski definition) is 4. The number of aromatic nitrogens is 1. The van der Waals surface area contributed by atoms with E-state index in [4.69, 9.17) is 9.47 Å². The quantitative estimate of drug-likeness (QED) is 0.786. The molecule has 0 saturated heterocycles. The summed E-state index contributed by atoms with van der Waals surface area (Å²) in [6.45, 7) is 1.95. The summed E-state index contributed by atoms with van der Waals surface area (Å²) < 4.78 is 11.7. The van der Waals surface area contributed by atoms with Crippen molar-refractivity contribution in [1.29, 1.82) is 0 Å². The van der Waals surface area contributed by atoms with Gasteiger partial charge in [0.15, 0.2) is 0 Å². The van der Waals surface area contributed by atoms with E-state index in [1.165, 1.54) is 0 Å². The Kier molecular flexibility index (Phi) is 5.83. The second-order valence-electron chi connectivity index (χ2n) is 4.19. The van der Waals surface area contributed by atoms with Gasteiger partial charge in [0.2, 0.25) is 0 Å². The summed E-state index contributed by atoms with van der Waals surface area (Å²) in [5.74, 6) is 1.71. The topological polar surface area (TPSA) is 43.4 Å². The molecule has 0 aliphatic carbocycles. The molecule has 0 aliphatic rings. The highest BCUT2D eigenvalue weighted by molar-refractivity contribution is 9.10. The van der Waals surface area contributed by atoms with Gasteiger partial charge in [-0.25, -0.2) is 4.98 Å². The molecule has 0 amide bonds. The van der Waals surface area contributed by atoms with Gasteiger partial charge in [-0.1, -0.05) is 12.1 Å². The first-order valence-corrected chi connectivity index (χ1v) is 7.13. The monoisotopic (exact) mass is 336 g/mol. The van der Waals surface area contributed by atoms with Gasteiger partial charge in [0.05, 0.1) is 20.3 Å². The van der Waals surface area contributed by atoms with Crippen molar-refractivity contribution in [3.63, 3.8) is 0 Å². The van der Waals surface area contributed by atoms with Crippen LogP contribution in [-0.2, 0) is 11.3 Å². The maximum Gasteiger partial charge on any atom is 0.126 e. The zero-order valence-corrected chi connectivity index (χ0v) is 12.9. The first-order chi connectivity index (χ1) is 9.78. The van der Waals surface area contributed by atoms with Crippen molar-refractivity contribution in [3.05, 3.63) is 52.6 Å². The predicted octanol–water partition coefficient (Wildman–Crippen LogP) is 3.48. The van der Waals surface area contributed by atoms with E-state index in [-0.39, 0.29) is 0 Å². The summed E-state index contributed by atoms with van der Waals surface area (Å²) >= 11 is 3.35. The lowest BCUT2D eigenvalue weighted by Crippen LogP contribution is -2.10. The van der Waals surface area contributed by atoms with Crippen LogP contribution in [0.25, 0.3) is 0 Å². The lowest BCUT2D eigenvalue weighted by Gasteiger charge is -2.07. The molecule has 0 saturated carbocycles. The SMILES string of the molecule is COc1ccc(COCCNc2ccc(Br)cn2)cc1. The number of methoxy groups -OCH3 is 1. The van der Waals surface area contributed by atoms with Crippen molar-refractivity contribution < 1.29 is 9.47 Å². The van der Waals surface area contributed by atoms with Crippen LogP contribution in [0, 0.1) is 0 Å². The first-order valence-electron chi connectivity index (χ1n) is 6.34. The van der Waals surface area contributed by atoms with E-state index >= 15 is 0 Å². The normalized spacial score (nSPS) is 10.3. The minimum Gasteiger partial charge on any atom is -0.497 e. The number of rotatable bonds is 7. The maximum absolute atomic E-state index is 5.60. The summed E-state index contributed by atoms with van der Waals surface area (Å²) in [4.78, 5) is 4.23. The molecule has 0 fully saturated rings. The van der Waals surface area contributed by atoms with Gasteiger partial charge in [0.1, 0.15) is 11.6 Å². The molecule has 0 aliphatic heterocycles. The van der Waals surface area contributed by atoms with Crippen LogP contribution in [0.1, 0.15) is 5.56 Å². The number of anilines is 1. The third-order valence-electron chi connectivity index (χ3n) is 2.71. The Morgan fingerprint density at radius 3 is 2.60 bits per heavy atom. The molecule has 0 unspecified atom stereocenters. The number of halogens is 1. The summed E-state index contributed by atoms with van der Waals surface area (Å²) in [6, 6.07) is 11.7. The molecular weight excluding hydrogens is 320 g/mol. The minimum absolute atomic E-state index is 0.597. The van der Waals surface area contributed by atoms with E-state index in [1.54, 1.807) is 13.3 Å². The molecule has 5 heteroatoms. The van der Waals surface area contributed by atoms with Crippen molar-refractivity contribution >= 4 is 21.7 Å². The van der Waals surface area contributed by atoms with Crippen LogP contribution in [0.3, 0.4) is 0 Å². The molecule has 1 heterocycles. The van der Waals surface area contributed by atoms with E-state index in [0.29, 0.717) is 13.2 Å². The van der Waals surface area contributed by atoms with Crippen LogP contribution < -0.4 is 10.1 Å². The number of pyridine rings is 1. The van der Waals surface area contributed by atoms with Gasteiger partial charge in [0, 0.05) is 17.2 Å². The lowest BCUT2D eigenvalue weighted by molar-refractivity contribution is 0.130. The van der Waals surface area contributed by atoms with Crippen molar-refractivity contribution in [3.8, 4) is 5.75 Å². The van der Waals surface area contributed by atoms with Gasteiger partial charge in [0.25, 0.3) is 0 Å². The van der Waals surface area contributed by atoms with E-state index in [0.717, 1.165) is 28.1 Å². The summed E-state index contributed by atoms with van der Waals surface area (Å²) in [7, 11) is 1.66. The second kappa shape index (κ2) is 7.87. The van der Waals surface area contributed by atoms with Gasteiger partial charge < -0.3 is 14.8 Å². The third kappa shape index (κ3) is 4.83. The van der Waals surface area contributed by atoms with E-state index in [2.05, 4.69) is 26.2 Å². The Hall–Kier alpha value is -1.59. The van der Waals surface area contributed by atoms with Gasteiger partial charge in [-0.15, -0.1) is 0 Å². The van der Waals surface area contributed by atoms with Crippen molar-refractivity contribution in [2.24, 2.45) is 0 Å². The summed E-state index contributed by atoms with van der Waals surface area (Å²) in [5, 5.41) is 3.20. The highest BCUT2D eigenvalue weighted by Gasteiger charge is 1.96. The maximum atomic E-state index is 5.60. The van der Waals surface area contributed by atoms with Crippen molar-refractivity contribution in [2.75, 3.05) is 25.6 Å². The Bertz CT molecular complexity index is 514. The second-order valence-corrected chi connectivity index (χ2v) is 5.10. The zero-order valence-electron chi connectivity index (χ0n) is 11.3. The highest BCUT2D eigenvalue weighted by atomic mass is 79.9. The minimum atomic E-state index is 0.597. The molecule has 1 N–H and O–H groups in total. The first kappa shape index (κ1) is 14.8. The fourth-order valence-corrected chi connectivity index (χ4v) is 1.88. The molecule has 4 nitrogen and oxygen atoms in total. The lowest BCUT2D eigenvalue weighted by atomic mass is 10.2. The van der Waals surface area contributed by atoms with Gasteiger partial charge in [-0.2, -0.15) is 0 Å². The van der Waals surface area contributed by atoms with E-state index < -0.39 is 0 Å². The Labute approximate surface area is 127 Å². The molecule has 0 spiro atoms. The average Bonchev–Trinajstić information content (AvgIpc) is 2.49. The summed E-state index contributed by atoms with van der Waals surface area (Å²) in [5.41, 5.74) is 1.13. The van der Waals surface area contributed by atoms with Gasteiger partial charge in [-0.05, 0) is 45.8 Å². The molecule has 2 aromatic rings. The largest absolute Gasteiger partial charge is 0.497 e. The number of nitrogens with zero attached hydrogens (tertiary/aromatic N) is 1. The molecule has 2 rings (SSSR count). The summed E-state index contributed by atoms with van der Waals surface area (Å²) in [6.07, 6.45) is 1.76. The molecular formula is C15H17BrN2O2. The Morgan fingerprint density at radius 2 is 1.95 bits per heavy atom. The Morgan fingerprint density at radius 1 is 1.15 bits per heavy atom. The van der Waals surface area contributed by atoms with Crippen LogP contribution in [0.2, 0.25) is 0 Å². The van der Waals surface area contributed by atoms with Crippen LogP contribution in [0.4, 0.5) is 5.82 Å². The van der Waals surface area contributed by atoms with Gasteiger partial charge in [-0.3, -0.25) is 0 Å². The van der Waals surface area contributed by atoms with Crippen LogP contribution in [0.15, 0.2) is 47.1 Å². The predicted molar refractivity (Wildman–Crippen MR) is 83.1 cm³/mol. The molecule has 106 valence electrons. The standard InChI is InChI=1S/C15H17BrN2O2/c1-19-14-5-2-12(3-6-14)11-20-9-8-17-15-7-4-13(16)10-18-15/h2-7,10H,8-9,11H2,1H3,(H,17,18). The molecule has 0 bridgehead atoms. The molecule has 20 heavy (non-hydrogen) atoms. The van der Waals surface area contributed by atoms with E-state index in [1.807, 2.05) is 36.4 Å². The fraction of sp³-hybridized carbons (Fsp3) is 0.267. The highest BCUT2D eigenvalue weighted by Crippen LogP contribution is 2.12. The third-order valence-corrected chi connectivity index (χ3v) is 3.18. The Balaban J connectivity index is 1.64. The molecule has 1 aromatic heterocycles. The number of hydrogen-bond donors (Lipinski definition) is 1. The number of nitrogens with one attached hydrogen (secondary N) is 1. The molecule has 0 radical (unpaired) electrons. The molecule has 1 aromatic carbocycles.